The lowest BCUT2D eigenvalue weighted by Gasteiger charge is -2.20. The van der Waals surface area contributed by atoms with E-state index >= 15 is 0 Å². The minimum atomic E-state index is -0.943. The second kappa shape index (κ2) is 6.16. The molecule has 1 fully saturated rings. The smallest absolute Gasteiger partial charge is 0.335 e. The van der Waals surface area contributed by atoms with Gasteiger partial charge >= 0.3 is 12.0 Å². The second-order valence-electron chi connectivity index (χ2n) is 5.87. The Hall–Kier alpha value is -2.04. The van der Waals surface area contributed by atoms with Crippen molar-refractivity contribution in [3.05, 3.63) is 35.4 Å². The molecule has 0 saturated heterocycles. The van der Waals surface area contributed by atoms with Gasteiger partial charge in [-0.2, -0.15) is 0 Å². The molecule has 21 heavy (non-hydrogen) atoms. The van der Waals surface area contributed by atoms with Gasteiger partial charge in [0, 0.05) is 20.1 Å². The van der Waals surface area contributed by atoms with Crippen molar-refractivity contribution in [1.82, 2.24) is 10.2 Å². The van der Waals surface area contributed by atoms with Crippen molar-refractivity contribution in [3.63, 3.8) is 0 Å². The monoisotopic (exact) mass is 290 g/mol. The fourth-order valence-corrected chi connectivity index (χ4v) is 2.33. The summed E-state index contributed by atoms with van der Waals surface area (Å²) in [6.45, 7) is 3.36. The number of carboxylic acid groups (broad SMARTS) is 1. The van der Waals surface area contributed by atoms with Crippen molar-refractivity contribution in [2.45, 2.75) is 32.7 Å². The van der Waals surface area contributed by atoms with Gasteiger partial charge in [0.1, 0.15) is 0 Å². The van der Waals surface area contributed by atoms with Gasteiger partial charge in [-0.05, 0) is 42.4 Å². The zero-order chi connectivity index (χ0) is 15.5. The van der Waals surface area contributed by atoms with Gasteiger partial charge in [0.05, 0.1) is 5.56 Å². The van der Waals surface area contributed by atoms with Crippen LogP contribution in [-0.2, 0) is 6.54 Å². The van der Waals surface area contributed by atoms with E-state index in [0.717, 1.165) is 18.5 Å². The van der Waals surface area contributed by atoms with Crippen molar-refractivity contribution in [2.75, 3.05) is 13.6 Å². The molecule has 2 N–H and O–H groups in total. The summed E-state index contributed by atoms with van der Waals surface area (Å²) in [5, 5.41) is 11.8. The van der Waals surface area contributed by atoms with Gasteiger partial charge < -0.3 is 15.3 Å². The lowest BCUT2D eigenvalue weighted by Crippen LogP contribution is -2.39. The number of hydrogen-bond donors (Lipinski definition) is 2. The minimum Gasteiger partial charge on any atom is -0.478 e. The molecule has 1 saturated carbocycles. The predicted octanol–water partition coefficient (Wildman–Crippen LogP) is 2.72. The van der Waals surface area contributed by atoms with Crippen LogP contribution in [-0.4, -0.2) is 35.6 Å². The maximum atomic E-state index is 12.0. The molecule has 1 aromatic rings. The van der Waals surface area contributed by atoms with Crippen LogP contribution in [0.4, 0.5) is 4.79 Å². The Morgan fingerprint density at radius 2 is 1.90 bits per heavy atom. The Labute approximate surface area is 125 Å². The predicted molar refractivity (Wildman–Crippen MR) is 80.2 cm³/mol. The highest BCUT2D eigenvalue weighted by atomic mass is 16.4. The van der Waals surface area contributed by atoms with Gasteiger partial charge in [-0.3, -0.25) is 0 Å². The Morgan fingerprint density at radius 3 is 2.38 bits per heavy atom. The Kier molecular flexibility index (Phi) is 4.50. The number of nitrogens with zero attached hydrogens (tertiary/aromatic N) is 1. The summed E-state index contributed by atoms with van der Waals surface area (Å²) in [5.41, 5.74) is 1.50. The van der Waals surface area contributed by atoms with Gasteiger partial charge in [0.2, 0.25) is 0 Å². The number of carbonyl (C=O) groups is 2. The summed E-state index contributed by atoms with van der Waals surface area (Å²) in [6, 6.07) is 6.50. The first kappa shape index (κ1) is 15.4. The third-order valence-electron chi connectivity index (χ3n) is 4.29. The largest absolute Gasteiger partial charge is 0.478 e. The number of carbonyl (C=O) groups excluding carboxylic acids is 1. The Bertz CT molecular complexity index is 521. The van der Waals surface area contributed by atoms with Crippen molar-refractivity contribution < 1.29 is 14.7 Å². The minimum absolute atomic E-state index is 0.0861. The fraction of sp³-hybridized carbons (Fsp3) is 0.500. The molecular formula is C16H22N2O3. The fourth-order valence-electron chi connectivity index (χ4n) is 2.33. The molecule has 114 valence electrons. The first-order valence-electron chi connectivity index (χ1n) is 7.27. The standard InChI is InChI=1S/C16H22N2O3/c1-3-16(8-9-16)11-17-15(21)18(2)10-12-4-6-13(7-5-12)14(19)20/h4-7H,3,8-11H2,1-2H3,(H,17,21)(H,19,20). The van der Waals surface area contributed by atoms with Crippen molar-refractivity contribution in [2.24, 2.45) is 5.41 Å². The Morgan fingerprint density at radius 1 is 1.29 bits per heavy atom. The summed E-state index contributed by atoms with van der Waals surface area (Å²) < 4.78 is 0. The molecule has 0 radical (unpaired) electrons. The van der Waals surface area contributed by atoms with Gasteiger partial charge in [0.25, 0.3) is 0 Å². The molecule has 0 aromatic heterocycles. The first-order chi connectivity index (χ1) is 9.96. The third-order valence-corrected chi connectivity index (χ3v) is 4.29. The molecule has 0 bridgehead atoms. The lowest BCUT2D eigenvalue weighted by molar-refractivity contribution is 0.0697. The van der Waals surface area contributed by atoms with Gasteiger partial charge in [-0.15, -0.1) is 0 Å². The van der Waals surface area contributed by atoms with Crippen LogP contribution in [0.3, 0.4) is 0 Å². The average Bonchev–Trinajstić information content (AvgIpc) is 3.26. The number of hydrogen-bond acceptors (Lipinski definition) is 2. The van der Waals surface area contributed by atoms with Crippen LogP contribution >= 0.6 is 0 Å². The molecule has 0 heterocycles. The number of nitrogens with one attached hydrogen (secondary N) is 1. The molecule has 1 aromatic carbocycles. The van der Waals surface area contributed by atoms with E-state index in [1.54, 1.807) is 36.2 Å². The average molecular weight is 290 g/mol. The number of urea groups is 1. The van der Waals surface area contributed by atoms with E-state index in [4.69, 9.17) is 5.11 Å². The molecule has 0 unspecified atom stereocenters. The number of aromatic carboxylic acids is 1. The number of amides is 2. The third kappa shape index (κ3) is 3.97. The zero-order valence-electron chi connectivity index (χ0n) is 12.6. The molecule has 1 aliphatic rings. The van der Waals surface area contributed by atoms with E-state index in [1.807, 2.05) is 0 Å². The van der Waals surface area contributed by atoms with E-state index in [0.29, 0.717) is 12.0 Å². The summed E-state index contributed by atoms with van der Waals surface area (Å²) in [4.78, 5) is 24.4. The van der Waals surface area contributed by atoms with Crippen LogP contribution in [0.25, 0.3) is 0 Å². The van der Waals surface area contributed by atoms with Crippen LogP contribution in [0.2, 0.25) is 0 Å². The van der Waals surface area contributed by atoms with Crippen LogP contribution in [0.1, 0.15) is 42.1 Å². The maximum absolute atomic E-state index is 12.0. The lowest BCUT2D eigenvalue weighted by atomic mass is 10.0. The van der Waals surface area contributed by atoms with E-state index < -0.39 is 5.97 Å². The highest BCUT2D eigenvalue weighted by molar-refractivity contribution is 5.87. The van der Waals surface area contributed by atoms with Crippen molar-refractivity contribution in [1.29, 1.82) is 0 Å². The SMILES string of the molecule is CCC1(CNC(=O)N(C)Cc2ccc(C(=O)O)cc2)CC1. The number of rotatable bonds is 6. The van der Waals surface area contributed by atoms with E-state index in [1.165, 1.54) is 12.8 Å². The molecule has 5 nitrogen and oxygen atoms in total. The highest BCUT2D eigenvalue weighted by Crippen LogP contribution is 2.47. The summed E-state index contributed by atoms with van der Waals surface area (Å²) in [5.74, 6) is -0.943. The first-order valence-corrected chi connectivity index (χ1v) is 7.27. The van der Waals surface area contributed by atoms with Crippen molar-refractivity contribution in [3.8, 4) is 0 Å². The number of carboxylic acids is 1. The van der Waals surface area contributed by atoms with E-state index in [9.17, 15) is 9.59 Å². The topological polar surface area (TPSA) is 69.6 Å². The van der Waals surface area contributed by atoms with Crippen LogP contribution in [0.15, 0.2) is 24.3 Å². The second-order valence-corrected chi connectivity index (χ2v) is 5.87. The highest BCUT2D eigenvalue weighted by Gasteiger charge is 2.40. The quantitative estimate of drug-likeness (QED) is 0.846. The van der Waals surface area contributed by atoms with Gasteiger partial charge in [-0.1, -0.05) is 19.1 Å². The molecule has 5 heteroatoms. The molecule has 0 atom stereocenters. The van der Waals surface area contributed by atoms with E-state index in [2.05, 4.69) is 12.2 Å². The van der Waals surface area contributed by atoms with Gasteiger partial charge in [-0.25, -0.2) is 9.59 Å². The normalized spacial score (nSPS) is 15.3. The summed E-state index contributed by atoms with van der Waals surface area (Å²) in [7, 11) is 1.74. The molecule has 0 spiro atoms. The molecule has 0 aliphatic heterocycles. The molecule has 2 amide bonds. The summed E-state index contributed by atoms with van der Waals surface area (Å²) >= 11 is 0. The van der Waals surface area contributed by atoms with Gasteiger partial charge in [0.15, 0.2) is 0 Å². The van der Waals surface area contributed by atoms with Crippen LogP contribution in [0.5, 0.6) is 0 Å². The molecule has 1 aliphatic carbocycles. The summed E-state index contributed by atoms with van der Waals surface area (Å²) in [6.07, 6.45) is 3.50. The van der Waals surface area contributed by atoms with Crippen LogP contribution < -0.4 is 5.32 Å². The van der Waals surface area contributed by atoms with Crippen molar-refractivity contribution >= 4 is 12.0 Å². The molecular weight excluding hydrogens is 268 g/mol. The van der Waals surface area contributed by atoms with Crippen LogP contribution in [0, 0.1) is 5.41 Å². The zero-order valence-corrected chi connectivity index (χ0v) is 12.6. The number of benzene rings is 1. The van der Waals surface area contributed by atoms with E-state index in [-0.39, 0.29) is 11.6 Å². The Balaban J connectivity index is 1.84. The maximum Gasteiger partial charge on any atom is 0.335 e. The molecule has 2 rings (SSSR count).